The summed E-state index contributed by atoms with van der Waals surface area (Å²) in [4.78, 5) is 40.3. The maximum absolute atomic E-state index is 13.2. The van der Waals surface area contributed by atoms with Gasteiger partial charge < -0.3 is 24.8 Å². The second-order valence-corrected chi connectivity index (χ2v) is 9.99. The van der Waals surface area contributed by atoms with Gasteiger partial charge in [-0.25, -0.2) is 4.79 Å². The van der Waals surface area contributed by atoms with Gasteiger partial charge in [-0.15, -0.1) is 0 Å². The number of pyridine rings is 1. The lowest BCUT2D eigenvalue weighted by atomic mass is 9.83. The van der Waals surface area contributed by atoms with Crippen molar-refractivity contribution >= 4 is 17.6 Å². The molecule has 8 nitrogen and oxygen atoms in total. The molecule has 1 aromatic heterocycles. The van der Waals surface area contributed by atoms with Crippen LogP contribution in [0, 0.1) is 11.8 Å². The first kappa shape index (κ1) is 24.8. The number of nitrogens with zero attached hydrogens (tertiary/aromatic N) is 2. The lowest BCUT2D eigenvalue weighted by Gasteiger charge is -2.43. The highest BCUT2D eigenvalue weighted by molar-refractivity contribution is 5.97. The zero-order valence-electron chi connectivity index (χ0n) is 20.8. The molecule has 1 fully saturated rings. The van der Waals surface area contributed by atoms with E-state index in [9.17, 15) is 14.4 Å². The van der Waals surface area contributed by atoms with Crippen LogP contribution in [0.2, 0.25) is 0 Å². The molecule has 2 N–H and O–H groups in total. The molecule has 1 saturated heterocycles. The van der Waals surface area contributed by atoms with Crippen LogP contribution < -0.4 is 20.9 Å². The van der Waals surface area contributed by atoms with Crippen LogP contribution in [0.4, 0.5) is 10.5 Å². The van der Waals surface area contributed by atoms with Crippen LogP contribution in [0.15, 0.2) is 47.3 Å². The Balaban J connectivity index is 1.37. The maximum Gasteiger partial charge on any atom is 0.318 e. The Morgan fingerprint density at radius 3 is 2.57 bits per heavy atom. The van der Waals surface area contributed by atoms with E-state index in [2.05, 4.69) is 17.6 Å². The number of anilines is 1. The Morgan fingerprint density at radius 1 is 1.09 bits per heavy atom. The first-order chi connectivity index (χ1) is 16.9. The summed E-state index contributed by atoms with van der Waals surface area (Å²) < 4.78 is 7.52. The molecule has 2 aromatic rings. The third kappa shape index (κ3) is 5.86. The van der Waals surface area contributed by atoms with E-state index in [0.717, 1.165) is 30.7 Å². The molecule has 0 aliphatic carbocycles. The van der Waals surface area contributed by atoms with Crippen molar-refractivity contribution in [3.05, 3.63) is 58.5 Å². The molecule has 3 atom stereocenters. The predicted molar refractivity (Wildman–Crippen MR) is 136 cm³/mol. The number of aromatic nitrogens is 1. The van der Waals surface area contributed by atoms with Crippen LogP contribution >= 0.6 is 0 Å². The number of rotatable bonds is 8. The highest BCUT2D eigenvalue weighted by atomic mass is 16.5. The monoisotopic (exact) mass is 480 g/mol. The third-order valence-electron chi connectivity index (χ3n) is 6.88. The second-order valence-electron chi connectivity index (χ2n) is 9.99. The Kier molecular flexibility index (Phi) is 7.78. The number of urea groups is 1. The molecule has 4 rings (SSSR count). The fourth-order valence-electron chi connectivity index (χ4n) is 5.01. The number of hydrogen-bond donors (Lipinski definition) is 2. The highest BCUT2D eigenvalue weighted by Gasteiger charge is 2.37. The van der Waals surface area contributed by atoms with Gasteiger partial charge in [0.25, 0.3) is 5.56 Å². The minimum Gasteiger partial charge on any atom is -0.494 e. The number of benzene rings is 1. The molecule has 2 aliphatic heterocycles. The molecule has 2 bridgehead atoms. The van der Waals surface area contributed by atoms with Gasteiger partial charge in [0, 0.05) is 43.0 Å². The highest BCUT2D eigenvalue weighted by Crippen LogP contribution is 2.35. The molecule has 3 amide bonds. The van der Waals surface area contributed by atoms with Crippen molar-refractivity contribution in [1.29, 1.82) is 0 Å². The second kappa shape index (κ2) is 11.0. The summed E-state index contributed by atoms with van der Waals surface area (Å²) in [6.07, 6.45) is 3.04. The number of carbonyl (C=O) groups excluding carboxylic acids is 2. The largest absolute Gasteiger partial charge is 0.494 e. The zero-order valence-corrected chi connectivity index (χ0v) is 20.8. The van der Waals surface area contributed by atoms with Crippen molar-refractivity contribution < 1.29 is 14.3 Å². The van der Waals surface area contributed by atoms with Crippen molar-refractivity contribution in [3.63, 3.8) is 0 Å². The first-order valence-electron chi connectivity index (χ1n) is 12.6. The quantitative estimate of drug-likeness (QED) is 0.562. The smallest absolute Gasteiger partial charge is 0.318 e. The molecule has 35 heavy (non-hydrogen) atoms. The number of piperidine rings is 1. The first-order valence-corrected chi connectivity index (χ1v) is 12.6. The van der Waals surface area contributed by atoms with E-state index in [1.54, 1.807) is 17.0 Å². The van der Waals surface area contributed by atoms with Crippen LogP contribution in [0.3, 0.4) is 0 Å². The molecule has 1 aromatic carbocycles. The number of amides is 3. The van der Waals surface area contributed by atoms with Crippen LogP contribution in [-0.4, -0.2) is 47.1 Å². The average molecular weight is 481 g/mol. The van der Waals surface area contributed by atoms with E-state index < -0.39 is 6.04 Å². The molecule has 0 saturated carbocycles. The van der Waals surface area contributed by atoms with Gasteiger partial charge in [-0.3, -0.25) is 9.59 Å². The maximum atomic E-state index is 13.2. The van der Waals surface area contributed by atoms with E-state index in [4.69, 9.17) is 4.74 Å². The summed E-state index contributed by atoms with van der Waals surface area (Å²) in [7, 11) is 0. The van der Waals surface area contributed by atoms with E-state index in [-0.39, 0.29) is 35.3 Å². The van der Waals surface area contributed by atoms with E-state index in [0.29, 0.717) is 31.9 Å². The molecule has 0 unspecified atom stereocenters. The number of fused-ring (bicyclic) bond motifs is 4. The number of hydrogen-bond acceptors (Lipinski definition) is 4. The third-order valence-corrected chi connectivity index (χ3v) is 6.88. The van der Waals surface area contributed by atoms with E-state index in [1.165, 1.54) is 0 Å². The van der Waals surface area contributed by atoms with Crippen molar-refractivity contribution in [2.45, 2.75) is 58.5 Å². The topological polar surface area (TPSA) is 92.7 Å². The van der Waals surface area contributed by atoms with Gasteiger partial charge in [-0.05, 0) is 55.0 Å². The number of nitrogens with one attached hydrogen (secondary N) is 2. The van der Waals surface area contributed by atoms with Gasteiger partial charge in [0.15, 0.2) is 0 Å². The molecule has 8 heteroatoms. The summed E-state index contributed by atoms with van der Waals surface area (Å²) in [6.45, 7) is 8.37. The summed E-state index contributed by atoms with van der Waals surface area (Å²) in [5, 5.41) is 5.88. The molecule has 0 spiro atoms. The number of ether oxygens (including phenoxy) is 1. The van der Waals surface area contributed by atoms with Crippen LogP contribution in [0.25, 0.3) is 0 Å². The lowest BCUT2D eigenvalue weighted by molar-refractivity contribution is -0.118. The molecule has 3 heterocycles. The molecule has 2 aliphatic rings. The van der Waals surface area contributed by atoms with Crippen LogP contribution in [0.5, 0.6) is 5.75 Å². The Bertz CT molecular complexity index is 1100. The number of carbonyl (C=O) groups is 2. The predicted octanol–water partition coefficient (Wildman–Crippen LogP) is 3.82. The van der Waals surface area contributed by atoms with Crippen LogP contribution in [-0.2, 0) is 11.3 Å². The lowest BCUT2D eigenvalue weighted by Crippen LogP contribution is -2.56. The standard InChI is InChI=1S/C27H36N4O4/c1-4-5-13-35-22-11-9-21(10-12-22)28-26(33)25(18(2)3)29-27(34)30-15-19-14-20(17-30)23-7-6-8-24(32)31(23)16-19/h6-12,18-20,25H,4-5,13-17H2,1-3H3,(H,28,33)(H,29,34)/t19-,20+,25+/m1/s1. The fourth-order valence-corrected chi connectivity index (χ4v) is 5.01. The Hall–Kier alpha value is -3.29. The van der Waals surface area contributed by atoms with Crippen molar-refractivity contribution in [2.24, 2.45) is 11.8 Å². The summed E-state index contributed by atoms with van der Waals surface area (Å²) in [5.41, 5.74) is 1.67. The Labute approximate surface area is 206 Å². The summed E-state index contributed by atoms with van der Waals surface area (Å²) >= 11 is 0. The van der Waals surface area contributed by atoms with Crippen LogP contribution in [0.1, 0.15) is 51.6 Å². The van der Waals surface area contributed by atoms with Gasteiger partial charge in [-0.2, -0.15) is 0 Å². The number of unbranched alkanes of at least 4 members (excludes halogenated alkanes) is 1. The SMILES string of the molecule is CCCCOc1ccc(NC(=O)[C@@H](NC(=O)N2C[C@H]3C[C@@H](C2)c2cccc(=O)n2C3)C(C)C)cc1. The normalized spacial score (nSPS) is 19.6. The molecular formula is C27H36N4O4. The van der Waals surface area contributed by atoms with Crippen molar-refractivity contribution in [2.75, 3.05) is 25.0 Å². The Morgan fingerprint density at radius 2 is 1.86 bits per heavy atom. The van der Waals surface area contributed by atoms with Crippen molar-refractivity contribution in [3.8, 4) is 5.75 Å². The summed E-state index contributed by atoms with van der Waals surface area (Å²) in [6, 6.07) is 11.7. The van der Waals surface area contributed by atoms with Gasteiger partial charge >= 0.3 is 6.03 Å². The van der Waals surface area contributed by atoms with E-state index >= 15 is 0 Å². The molecule has 0 radical (unpaired) electrons. The van der Waals surface area contributed by atoms with Gasteiger partial charge in [0.05, 0.1) is 6.61 Å². The molecule has 188 valence electrons. The average Bonchev–Trinajstić information content (AvgIpc) is 2.84. The zero-order chi connectivity index (χ0) is 24.9. The van der Waals surface area contributed by atoms with Gasteiger partial charge in [0.2, 0.25) is 5.91 Å². The summed E-state index contributed by atoms with van der Waals surface area (Å²) in [5.74, 6) is 0.800. The number of likely N-dealkylation sites (tertiary alicyclic amines) is 1. The van der Waals surface area contributed by atoms with Crippen molar-refractivity contribution in [1.82, 2.24) is 14.8 Å². The van der Waals surface area contributed by atoms with E-state index in [1.807, 2.05) is 48.7 Å². The molecular weight excluding hydrogens is 444 g/mol. The van der Waals surface area contributed by atoms with Gasteiger partial charge in [-0.1, -0.05) is 33.3 Å². The minimum atomic E-state index is -0.667. The minimum absolute atomic E-state index is 0.0206. The van der Waals surface area contributed by atoms with Gasteiger partial charge in [0.1, 0.15) is 11.8 Å². The fraction of sp³-hybridized carbons (Fsp3) is 0.519.